The first-order valence-corrected chi connectivity index (χ1v) is 5.13. The van der Waals surface area contributed by atoms with Crippen LogP contribution in [0.3, 0.4) is 0 Å². The summed E-state index contributed by atoms with van der Waals surface area (Å²) in [4.78, 5) is 0. The summed E-state index contributed by atoms with van der Waals surface area (Å²) in [6, 6.07) is 0. The van der Waals surface area contributed by atoms with Gasteiger partial charge < -0.3 is 9.47 Å². The smallest absolute Gasteiger partial charge is 0.0815 e. The Hall–Kier alpha value is 0.210. The molecule has 2 fully saturated rings. The van der Waals surface area contributed by atoms with Crippen LogP contribution in [0.5, 0.6) is 0 Å². The third-order valence-electron chi connectivity index (χ3n) is 2.79. The molecule has 0 aromatic rings. The highest BCUT2D eigenvalue weighted by Crippen LogP contribution is 2.50. The van der Waals surface area contributed by atoms with Crippen molar-refractivity contribution in [3.05, 3.63) is 0 Å². The van der Waals surface area contributed by atoms with E-state index in [0.29, 0.717) is 11.5 Å². The Bertz CT molecular complexity index is 151. The number of hydrogen-bond donors (Lipinski definition) is 0. The standard InChI is InChI=1S/C9H15ClO2/c10-7-9(1-2-9)5-8-6-11-3-4-12-8/h8H,1-7H2. The van der Waals surface area contributed by atoms with Crippen molar-refractivity contribution in [1.29, 1.82) is 0 Å². The van der Waals surface area contributed by atoms with Crippen molar-refractivity contribution >= 4 is 11.6 Å². The second-order valence-electron chi connectivity index (χ2n) is 3.91. The van der Waals surface area contributed by atoms with Crippen LogP contribution >= 0.6 is 11.6 Å². The Morgan fingerprint density at radius 3 is 2.67 bits per heavy atom. The largest absolute Gasteiger partial charge is 0.376 e. The van der Waals surface area contributed by atoms with Crippen molar-refractivity contribution in [2.75, 3.05) is 25.7 Å². The molecule has 12 heavy (non-hydrogen) atoms. The van der Waals surface area contributed by atoms with Gasteiger partial charge in [0.05, 0.1) is 25.9 Å². The lowest BCUT2D eigenvalue weighted by molar-refractivity contribution is -0.0963. The van der Waals surface area contributed by atoms with E-state index in [1.165, 1.54) is 12.8 Å². The molecule has 1 aliphatic carbocycles. The van der Waals surface area contributed by atoms with Gasteiger partial charge in [-0.25, -0.2) is 0 Å². The summed E-state index contributed by atoms with van der Waals surface area (Å²) in [5, 5.41) is 0. The van der Waals surface area contributed by atoms with Gasteiger partial charge in [-0.1, -0.05) is 0 Å². The Kier molecular flexibility index (Phi) is 2.58. The van der Waals surface area contributed by atoms with E-state index >= 15 is 0 Å². The minimum atomic E-state index is 0.306. The molecule has 0 amide bonds. The molecular formula is C9H15ClO2. The summed E-state index contributed by atoms with van der Waals surface area (Å²) < 4.78 is 10.9. The van der Waals surface area contributed by atoms with Crippen LogP contribution in [0, 0.1) is 5.41 Å². The van der Waals surface area contributed by atoms with E-state index in [9.17, 15) is 0 Å². The van der Waals surface area contributed by atoms with Gasteiger partial charge in [-0.15, -0.1) is 11.6 Å². The summed E-state index contributed by atoms with van der Waals surface area (Å²) in [6.07, 6.45) is 3.95. The van der Waals surface area contributed by atoms with Gasteiger partial charge in [-0.2, -0.15) is 0 Å². The summed E-state index contributed by atoms with van der Waals surface area (Å²) >= 11 is 5.88. The predicted molar refractivity (Wildman–Crippen MR) is 47.6 cm³/mol. The quantitative estimate of drug-likeness (QED) is 0.632. The molecule has 0 aromatic carbocycles. The molecule has 2 nitrogen and oxygen atoms in total. The van der Waals surface area contributed by atoms with E-state index in [1.807, 2.05) is 0 Å². The highest BCUT2D eigenvalue weighted by molar-refractivity contribution is 6.18. The van der Waals surface area contributed by atoms with Gasteiger partial charge in [0.1, 0.15) is 0 Å². The molecule has 1 atom stereocenters. The maximum atomic E-state index is 5.88. The Morgan fingerprint density at radius 1 is 1.33 bits per heavy atom. The molecule has 1 unspecified atom stereocenters. The minimum Gasteiger partial charge on any atom is -0.376 e. The van der Waals surface area contributed by atoms with Crippen LogP contribution in [0.2, 0.25) is 0 Å². The van der Waals surface area contributed by atoms with E-state index < -0.39 is 0 Å². The maximum Gasteiger partial charge on any atom is 0.0815 e. The lowest BCUT2D eigenvalue weighted by atomic mass is 10.0. The second kappa shape index (κ2) is 3.52. The van der Waals surface area contributed by atoms with Crippen molar-refractivity contribution in [2.45, 2.75) is 25.4 Å². The van der Waals surface area contributed by atoms with Crippen molar-refractivity contribution in [3.63, 3.8) is 0 Å². The second-order valence-corrected chi connectivity index (χ2v) is 4.17. The van der Waals surface area contributed by atoms with Crippen LogP contribution in [0.1, 0.15) is 19.3 Å². The van der Waals surface area contributed by atoms with Crippen molar-refractivity contribution in [1.82, 2.24) is 0 Å². The topological polar surface area (TPSA) is 18.5 Å². The first kappa shape index (κ1) is 8.79. The molecule has 0 spiro atoms. The zero-order chi connectivity index (χ0) is 8.44. The zero-order valence-corrected chi connectivity index (χ0v) is 7.98. The van der Waals surface area contributed by atoms with E-state index in [-0.39, 0.29) is 0 Å². The van der Waals surface area contributed by atoms with Gasteiger partial charge in [-0.3, -0.25) is 0 Å². The fourth-order valence-corrected chi connectivity index (χ4v) is 2.08. The summed E-state index contributed by atoms with van der Waals surface area (Å²) in [6.45, 7) is 2.27. The first-order chi connectivity index (χ1) is 5.85. The van der Waals surface area contributed by atoms with Crippen LogP contribution in [0.15, 0.2) is 0 Å². The number of halogens is 1. The molecular weight excluding hydrogens is 176 g/mol. The van der Waals surface area contributed by atoms with Crippen molar-refractivity contribution in [3.8, 4) is 0 Å². The van der Waals surface area contributed by atoms with Crippen molar-refractivity contribution in [2.24, 2.45) is 5.41 Å². The van der Waals surface area contributed by atoms with Gasteiger partial charge >= 0.3 is 0 Å². The molecule has 70 valence electrons. The molecule has 0 bridgehead atoms. The predicted octanol–water partition coefficient (Wildman–Crippen LogP) is 1.81. The monoisotopic (exact) mass is 190 g/mol. The van der Waals surface area contributed by atoms with Gasteiger partial charge in [0.2, 0.25) is 0 Å². The molecule has 1 saturated heterocycles. The molecule has 0 radical (unpaired) electrons. The SMILES string of the molecule is ClCC1(CC2COCCO2)CC1. The number of rotatable bonds is 3. The van der Waals surface area contributed by atoms with Gasteiger partial charge in [0.15, 0.2) is 0 Å². The number of ether oxygens (including phenoxy) is 2. The lowest BCUT2D eigenvalue weighted by Gasteiger charge is -2.25. The van der Waals surface area contributed by atoms with Gasteiger partial charge in [0, 0.05) is 5.88 Å². The molecule has 1 saturated carbocycles. The van der Waals surface area contributed by atoms with E-state index in [2.05, 4.69) is 0 Å². The van der Waals surface area contributed by atoms with Crippen LogP contribution < -0.4 is 0 Å². The third-order valence-corrected chi connectivity index (χ3v) is 3.35. The third kappa shape index (κ3) is 1.93. The average molecular weight is 191 g/mol. The molecule has 3 heteroatoms. The normalized spacial score (nSPS) is 33.2. The molecule has 1 aliphatic heterocycles. The Balaban J connectivity index is 1.77. The van der Waals surface area contributed by atoms with E-state index in [1.54, 1.807) is 0 Å². The lowest BCUT2D eigenvalue weighted by Crippen LogP contribution is -2.31. The molecule has 0 aromatic heterocycles. The van der Waals surface area contributed by atoms with Crippen LogP contribution in [0.25, 0.3) is 0 Å². The van der Waals surface area contributed by atoms with Gasteiger partial charge in [-0.05, 0) is 24.7 Å². The highest BCUT2D eigenvalue weighted by atomic mass is 35.5. The summed E-state index contributed by atoms with van der Waals surface area (Å²) in [5.41, 5.74) is 0.410. The zero-order valence-electron chi connectivity index (χ0n) is 7.22. The van der Waals surface area contributed by atoms with Crippen LogP contribution in [0.4, 0.5) is 0 Å². The number of alkyl halides is 1. The number of hydrogen-bond acceptors (Lipinski definition) is 2. The Labute approximate surface area is 78.2 Å². The maximum absolute atomic E-state index is 5.88. The minimum absolute atomic E-state index is 0.306. The summed E-state index contributed by atoms with van der Waals surface area (Å²) in [7, 11) is 0. The fourth-order valence-electron chi connectivity index (χ4n) is 1.71. The molecule has 2 aliphatic rings. The van der Waals surface area contributed by atoms with Crippen molar-refractivity contribution < 1.29 is 9.47 Å². The first-order valence-electron chi connectivity index (χ1n) is 4.60. The van der Waals surface area contributed by atoms with E-state index in [0.717, 1.165) is 32.1 Å². The Morgan fingerprint density at radius 2 is 2.17 bits per heavy atom. The molecule has 0 N–H and O–H groups in total. The fraction of sp³-hybridized carbons (Fsp3) is 1.00. The highest BCUT2D eigenvalue weighted by Gasteiger charge is 2.43. The van der Waals surface area contributed by atoms with Crippen LogP contribution in [-0.2, 0) is 9.47 Å². The van der Waals surface area contributed by atoms with Crippen LogP contribution in [-0.4, -0.2) is 31.8 Å². The molecule has 1 heterocycles. The summed E-state index contributed by atoms with van der Waals surface area (Å²) in [5.74, 6) is 0.785. The molecule has 2 rings (SSSR count). The average Bonchev–Trinajstić information content (AvgIpc) is 2.88. The van der Waals surface area contributed by atoms with Gasteiger partial charge in [0.25, 0.3) is 0 Å². The van der Waals surface area contributed by atoms with E-state index in [4.69, 9.17) is 21.1 Å².